The molecule has 0 radical (unpaired) electrons. The number of piperidine rings is 1. The summed E-state index contributed by atoms with van der Waals surface area (Å²) < 4.78 is 0. The summed E-state index contributed by atoms with van der Waals surface area (Å²) in [5.74, 6) is 2.81. The highest BCUT2D eigenvalue weighted by Gasteiger charge is 2.19. The summed E-state index contributed by atoms with van der Waals surface area (Å²) in [4.78, 5) is 14.0. The van der Waals surface area contributed by atoms with Gasteiger partial charge in [-0.1, -0.05) is 6.92 Å². The maximum Gasteiger partial charge on any atom is 0.227 e. The quantitative estimate of drug-likeness (QED) is 0.835. The third kappa shape index (κ3) is 3.37. The van der Waals surface area contributed by atoms with Crippen LogP contribution in [0.2, 0.25) is 0 Å². The van der Waals surface area contributed by atoms with E-state index in [1.54, 1.807) is 0 Å². The summed E-state index contributed by atoms with van der Waals surface area (Å²) >= 11 is 0. The second-order valence-electron chi connectivity index (χ2n) is 5.51. The van der Waals surface area contributed by atoms with Crippen LogP contribution in [0, 0.1) is 12.8 Å². The predicted molar refractivity (Wildman–Crippen MR) is 80.9 cm³/mol. The highest BCUT2D eigenvalue weighted by molar-refractivity contribution is 5.45. The third-order valence-electron chi connectivity index (χ3n) is 3.98. The van der Waals surface area contributed by atoms with Crippen LogP contribution >= 0.6 is 0 Å². The summed E-state index contributed by atoms with van der Waals surface area (Å²) in [7, 11) is 0. The number of hydrogen-bond acceptors (Lipinski definition) is 4. The summed E-state index contributed by atoms with van der Waals surface area (Å²) in [5.41, 5.74) is 1.06. The standard InChI is InChI=1S/C15H26N4/c1-5-18(6-2)14-11-13(4)16-15(17-14)19-9-7-12(3)8-10-19/h11-12H,5-10H2,1-4H3. The van der Waals surface area contributed by atoms with Gasteiger partial charge < -0.3 is 9.80 Å². The van der Waals surface area contributed by atoms with Crippen LogP contribution < -0.4 is 9.80 Å². The van der Waals surface area contributed by atoms with Crippen molar-refractivity contribution in [2.45, 2.75) is 40.5 Å². The minimum Gasteiger partial charge on any atom is -0.357 e. The van der Waals surface area contributed by atoms with Gasteiger partial charge in [0.25, 0.3) is 0 Å². The molecular formula is C15H26N4. The first kappa shape index (κ1) is 14.1. The normalized spacial score (nSPS) is 16.7. The monoisotopic (exact) mass is 262 g/mol. The minimum atomic E-state index is 0.836. The van der Waals surface area contributed by atoms with Crippen LogP contribution in [-0.2, 0) is 0 Å². The fraction of sp³-hybridized carbons (Fsp3) is 0.733. The third-order valence-corrected chi connectivity index (χ3v) is 3.98. The molecule has 0 bridgehead atoms. The molecule has 4 nitrogen and oxygen atoms in total. The first-order chi connectivity index (χ1) is 9.13. The Labute approximate surface area is 116 Å². The zero-order valence-corrected chi connectivity index (χ0v) is 12.7. The van der Waals surface area contributed by atoms with Crippen LogP contribution in [0.4, 0.5) is 11.8 Å². The Balaban J connectivity index is 2.21. The summed E-state index contributed by atoms with van der Waals surface area (Å²) in [6.07, 6.45) is 2.50. The van der Waals surface area contributed by atoms with Gasteiger partial charge in [-0.3, -0.25) is 0 Å². The second kappa shape index (κ2) is 6.22. The summed E-state index contributed by atoms with van der Waals surface area (Å²) in [5, 5.41) is 0. The van der Waals surface area contributed by atoms with E-state index in [1.807, 2.05) is 0 Å². The van der Waals surface area contributed by atoms with Gasteiger partial charge in [-0.25, -0.2) is 4.98 Å². The molecule has 0 spiro atoms. The highest BCUT2D eigenvalue weighted by atomic mass is 15.3. The molecule has 1 aliphatic rings. The molecule has 0 aromatic carbocycles. The van der Waals surface area contributed by atoms with Crippen molar-refractivity contribution in [3.8, 4) is 0 Å². The summed E-state index contributed by atoms with van der Waals surface area (Å²) in [6.45, 7) is 12.9. The molecule has 1 saturated heterocycles. The van der Waals surface area contributed by atoms with Gasteiger partial charge in [0, 0.05) is 37.9 Å². The lowest BCUT2D eigenvalue weighted by molar-refractivity contribution is 0.434. The van der Waals surface area contributed by atoms with Crippen LogP contribution in [0.15, 0.2) is 6.07 Å². The van der Waals surface area contributed by atoms with Crippen molar-refractivity contribution in [2.24, 2.45) is 5.92 Å². The molecule has 2 heterocycles. The molecule has 106 valence electrons. The fourth-order valence-electron chi connectivity index (χ4n) is 2.60. The first-order valence-corrected chi connectivity index (χ1v) is 7.49. The number of aromatic nitrogens is 2. The van der Waals surface area contributed by atoms with Crippen molar-refractivity contribution >= 4 is 11.8 Å². The Morgan fingerprint density at radius 1 is 1.21 bits per heavy atom. The van der Waals surface area contributed by atoms with E-state index < -0.39 is 0 Å². The molecule has 1 aliphatic heterocycles. The minimum absolute atomic E-state index is 0.836. The lowest BCUT2D eigenvalue weighted by atomic mass is 10.00. The lowest BCUT2D eigenvalue weighted by Crippen LogP contribution is -2.34. The Morgan fingerprint density at radius 2 is 1.84 bits per heavy atom. The largest absolute Gasteiger partial charge is 0.357 e. The Morgan fingerprint density at radius 3 is 2.42 bits per heavy atom. The molecular weight excluding hydrogens is 236 g/mol. The Kier molecular flexibility index (Phi) is 4.61. The second-order valence-corrected chi connectivity index (χ2v) is 5.51. The van der Waals surface area contributed by atoms with E-state index in [9.17, 15) is 0 Å². The van der Waals surface area contributed by atoms with Crippen LogP contribution in [0.1, 0.15) is 39.3 Å². The van der Waals surface area contributed by atoms with Gasteiger partial charge in [-0.2, -0.15) is 4.98 Å². The molecule has 0 aliphatic carbocycles. The molecule has 19 heavy (non-hydrogen) atoms. The van der Waals surface area contributed by atoms with E-state index in [0.717, 1.165) is 49.6 Å². The number of aryl methyl sites for hydroxylation is 1. The van der Waals surface area contributed by atoms with Gasteiger partial charge in [0.05, 0.1) is 0 Å². The number of nitrogens with zero attached hydrogens (tertiary/aromatic N) is 4. The van der Waals surface area contributed by atoms with Gasteiger partial charge in [-0.05, 0) is 39.5 Å². The van der Waals surface area contributed by atoms with Crippen LogP contribution in [-0.4, -0.2) is 36.1 Å². The van der Waals surface area contributed by atoms with Gasteiger partial charge >= 0.3 is 0 Å². The van der Waals surface area contributed by atoms with E-state index in [-0.39, 0.29) is 0 Å². The van der Waals surface area contributed by atoms with Crippen molar-refractivity contribution in [3.63, 3.8) is 0 Å². The first-order valence-electron chi connectivity index (χ1n) is 7.49. The molecule has 0 saturated carbocycles. The molecule has 0 N–H and O–H groups in total. The summed E-state index contributed by atoms with van der Waals surface area (Å²) in [6, 6.07) is 2.09. The lowest BCUT2D eigenvalue weighted by Gasteiger charge is -2.31. The smallest absolute Gasteiger partial charge is 0.227 e. The Bertz CT molecular complexity index is 407. The molecule has 1 fully saturated rings. The van der Waals surface area contributed by atoms with Crippen LogP contribution in [0.5, 0.6) is 0 Å². The molecule has 0 unspecified atom stereocenters. The van der Waals surface area contributed by atoms with E-state index in [1.165, 1.54) is 12.8 Å². The SMILES string of the molecule is CCN(CC)c1cc(C)nc(N2CCC(C)CC2)n1. The van der Waals surface area contributed by atoms with Crippen molar-refractivity contribution in [1.29, 1.82) is 0 Å². The van der Waals surface area contributed by atoms with Gasteiger partial charge in [-0.15, -0.1) is 0 Å². The van der Waals surface area contributed by atoms with E-state index in [0.29, 0.717) is 0 Å². The van der Waals surface area contributed by atoms with E-state index in [4.69, 9.17) is 4.98 Å². The van der Waals surface area contributed by atoms with Crippen molar-refractivity contribution < 1.29 is 0 Å². The number of rotatable bonds is 4. The van der Waals surface area contributed by atoms with Crippen molar-refractivity contribution in [2.75, 3.05) is 36.0 Å². The van der Waals surface area contributed by atoms with Gasteiger partial charge in [0.2, 0.25) is 5.95 Å². The molecule has 0 atom stereocenters. The van der Waals surface area contributed by atoms with Gasteiger partial charge in [0.1, 0.15) is 5.82 Å². The topological polar surface area (TPSA) is 32.3 Å². The predicted octanol–water partition coefficient (Wildman–Crippen LogP) is 2.87. The van der Waals surface area contributed by atoms with Crippen LogP contribution in [0.3, 0.4) is 0 Å². The van der Waals surface area contributed by atoms with E-state index in [2.05, 4.69) is 48.5 Å². The molecule has 1 aromatic heterocycles. The van der Waals surface area contributed by atoms with Gasteiger partial charge in [0.15, 0.2) is 0 Å². The van der Waals surface area contributed by atoms with Crippen molar-refractivity contribution in [1.82, 2.24) is 9.97 Å². The van der Waals surface area contributed by atoms with E-state index >= 15 is 0 Å². The van der Waals surface area contributed by atoms with Crippen molar-refractivity contribution in [3.05, 3.63) is 11.8 Å². The highest BCUT2D eigenvalue weighted by Crippen LogP contribution is 2.22. The molecule has 2 rings (SSSR count). The zero-order chi connectivity index (χ0) is 13.8. The zero-order valence-electron chi connectivity index (χ0n) is 12.7. The number of anilines is 2. The molecule has 0 amide bonds. The number of hydrogen-bond donors (Lipinski definition) is 0. The maximum absolute atomic E-state index is 4.77. The maximum atomic E-state index is 4.77. The average molecular weight is 262 g/mol. The Hall–Kier alpha value is -1.32. The molecule has 1 aromatic rings. The van der Waals surface area contributed by atoms with Crippen LogP contribution in [0.25, 0.3) is 0 Å². The average Bonchev–Trinajstić information content (AvgIpc) is 2.40. The molecule has 4 heteroatoms. The fourth-order valence-corrected chi connectivity index (χ4v) is 2.60.